The molecule has 17 heteroatoms. The SMILES string of the molecule is N=CC1C([N+](=O)[O-])=CC(S(=O)(=O)NC(=O)c2ccc(N3CCN(CC4=C(c5ccc(Cl)cc5)CC5(CCC5)CC4)CC3)cc2Oc2cnc3[nH]ccc3c2)=CC1NCC1CCOCC1. The lowest BCUT2D eigenvalue weighted by Gasteiger charge is -2.47. The summed E-state index contributed by atoms with van der Waals surface area (Å²) < 4.78 is 41.9. The molecule has 64 heavy (non-hydrogen) atoms. The Morgan fingerprint density at radius 3 is 2.58 bits per heavy atom. The third kappa shape index (κ3) is 9.52. The highest BCUT2D eigenvalue weighted by Crippen LogP contribution is 2.55. The number of nitrogens with zero attached hydrogens (tertiary/aromatic N) is 4. The van der Waals surface area contributed by atoms with Crippen LogP contribution in [0.5, 0.6) is 11.5 Å². The first-order valence-electron chi connectivity index (χ1n) is 22.1. The predicted octanol–water partition coefficient (Wildman–Crippen LogP) is 7.71. The zero-order valence-electron chi connectivity index (χ0n) is 35.6. The first-order valence-corrected chi connectivity index (χ1v) is 24.0. The van der Waals surface area contributed by atoms with Crippen LogP contribution in [0.15, 0.2) is 95.3 Å². The highest BCUT2D eigenvalue weighted by atomic mass is 35.5. The Morgan fingerprint density at radius 2 is 1.86 bits per heavy atom. The van der Waals surface area contributed by atoms with Crippen molar-refractivity contribution in [3.05, 3.63) is 122 Å². The van der Waals surface area contributed by atoms with Crippen LogP contribution in [0.3, 0.4) is 0 Å². The molecule has 3 aliphatic carbocycles. The molecular weight excluding hydrogens is 856 g/mol. The number of piperazine rings is 1. The number of hydrogen-bond acceptors (Lipinski definition) is 12. The summed E-state index contributed by atoms with van der Waals surface area (Å²) in [5, 5.41) is 24.9. The third-order valence-corrected chi connectivity index (χ3v) is 15.4. The van der Waals surface area contributed by atoms with Gasteiger partial charge in [0.1, 0.15) is 23.1 Å². The van der Waals surface area contributed by atoms with Gasteiger partial charge in [0.05, 0.1) is 21.6 Å². The maximum Gasteiger partial charge on any atom is 0.268 e. The van der Waals surface area contributed by atoms with E-state index in [1.165, 1.54) is 54.7 Å². The zero-order chi connectivity index (χ0) is 44.4. The Balaban J connectivity index is 0.942. The second kappa shape index (κ2) is 18.6. The normalized spacial score (nSPS) is 21.9. The fraction of sp³-hybridized carbons (Fsp3) is 0.426. The highest BCUT2D eigenvalue weighted by Gasteiger charge is 2.41. The van der Waals surface area contributed by atoms with E-state index in [1.807, 2.05) is 18.2 Å². The van der Waals surface area contributed by atoms with Crippen molar-refractivity contribution in [1.82, 2.24) is 24.9 Å². The van der Waals surface area contributed by atoms with E-state index in [1.54, 1.807) is 30.5 Å². The van der Waals surface area contributed by atoms with Crippen molar-refractivity contribution in [2.75, 3.05) is 57.4 Å². The lowest BCUT2D eigenvalue weighted by Crippen LogP contribution is -2.47. The molecule has 336 valence electrons. The van der Waals surface area contributed by atoms with Crippen LogP contribution in [0.25, 0.3) is 16.6 Å². The van der Waals surface area contributed by atoms with Crippen LogP contribution in [0, 0.1) is 32.8 Å². The molecular formula is C47H53ClN8O7S. The number of carbonyl (C=O) groups is 1. The molecule has 4 N–H and O–H groups in total. The molecule has 0 radical (unpaired) electrons. The largest absolute Gasteiger partial charge is 0.455 e. The Morgan fingerprint density at radius 1 is 1.08 bits per heavy atom. The minimum atomic E-state index is -4.65. The standard InChI is InChI=1S/C47H53ClN8O7S/c48-35-4-2-32(3-5-35)40-26-47(12-1-13-47)14-8-34(40)30-54-16-18-55(19-17-54)36-6-7-39(44(23-36)63-37-22-33-9-15-50-45(33)52-29-37)46(57)53-64(60,61)38-24-42(41(27-49)43(25-38)56(58)59)51-28-31-10-20-62-21-11-31/h2-7,9,15,22-25,27,29,31,41-42,49,51H,1,8,10-14,16-21,26,28,30H2,(H,50,52)(H,53,57). The molecule has 9 rings (SSSR count). The minimum Gasteiger partial charge on any atom is -0.455 e. The summed E-state index contributed by atoms with van der Waals surface area (Å²) in [4.78, 5) is 37.4. The number of nitro groups is 1. The quantitative estimate of drug-likeness (QED) is 0.0550. The van der Waals surface area contributed by atoms with Gasteiger partial charge in [0.15, 0.2) is 0 Å². The summed E-state index contributed by atoms with van der Waals surface area (Å²) in [6.07, 6.45) is 15.4. The molecule has 5 aliphatic rings. The lowest BCUT2D eigenvalue weighted by atomic mass is 9.59. The number of amides is 1. The molecule has 4 heterocycles. The average Bonchev–Trinajstić information content (AvgIpc) is 3.76. The molecule has 2 aliphatic heterocycles. The van der Waals surface area contributed by atoms with Gasteiger partial charge in [0, 0.05) is 92.6 Å². The van der Waals surface area contributed by atoms with Gasteiger partial charge in [-0.1, -0.05) is 35.7 Å². The molecule has 2 unspecified atom stereocenters. The Bertz CT molecular complexity index is 2630. The number of aromatic nitrogens is 2. The molecule has 3 fully saturated rings. The number of H-pyrrole nitrogens is 1. The maximum absolute atomic E-state index is 14.1. The summed E-state index contributed by atoms with van der Waals surface area (Å²) >= 11 is 6.28. The fourth-order valence-corrected chi connectivity index (χ4v) is 11.1. The average molecular weight is 910 g/mol. The molecule has 1 spiro atoms. The van der Waals surface area contributed by atoms with Crippen molar-refractivity contribution in [2.45, 2.75) is 57.4 Å². The first kappa shape index (κ1) is 43.8. The van der Waals surface area contributed by atoms with Crippen LogP contribution in [-0.2, 0) is 14.8 Å². The van der Waals surface area contributed by atoms with Crippen molar-refractivity contribution in [3.8, 4) is 11.5 Å². The van der Waals surface area contributed by atoms with Gasteiger partial charge in [-0.05, 0) is 116 Å². The van der Waals surface area contributed by atoms with Crippen molar-refractivity contribution in [1.29, 1.82) is 5.41 Å². The number of rotatable bonds is 14. The molecule has 0 bridgehead atoms. The number of carbonyl (C=O) groups excluding carboxylic acids is 1. The van der Waals surface area contributed by atoms with E-state index in [-0.39, 0.29) is 17.2 Å². The van der Waals surface area contributed by atoms with E-state index in [0.717, 1.165) is 86.8 Å². The van der Waals surface area contributed by atoms with E-state index in [4.69, 9.17) is 26.5 Å². The van der Waals surface area contributed by atoms with Gasteiger partial charge in [-0.3, -0.25) is 19.8 Å². The first-order chi connectivity index (χ1) is 31.0. The van der Waals surface area contributed by atoms with Gasteiger partial charge >= 0.3 is 0 Å². The van der Waals surface area contributed by atoms with Crippen LogP contribution in [0.4, 0.5) is 5.69 Å². The number of sulfonamides is 1. The van der Waals surface area contributed by atoms with Gasteiger partial charge in [-0.25, -0.2) is 18.1 Å². The number of nitrogens with one attached hydrogen (secondary N) is 4. The number of pyridine rings is 1. The van der Waals surface area contributed by atoms with Crippen molar-refractivity contribution in [2.24, 2.45) is 17.3 Å². The summed E-state index contributed by atoms with van der Waals surface area (Å²) in [7, 11) is -4.65. The van der Waals surface area contributed by atoms with Crippen LogP contribution >= 0.6 is 11.6 Å². The van der Waals surface area contributed by atoms with E-state index >= 15 is 0 Å². The van der Waals surface area contributed by atoms with Crippen LogP contribution in [0.2, 0.25) is 5.02 Å². The summed E-state index contributed by atoms with van der Waals surface area (Å²) in [5.74, 6) is -1.30. The molecule has 4 aromatic rings. The summed E-state index contributed by atoms with van der Waals surface area (Å²) in [6, 6.07) is 16.1. The molecule has 2 saturated heterocycles. The van der Waals surface area contributed by atoms with E-state index in [9.17, 15) is 23.3 Å². The number of hydrogen-bond donors (Lipinski definition) is 4. The van der Waals surface area contributed by atoms with Crippen LogP contribution < -0.4 is 19.7 Å². The molecule has 2 aromatic heterocycles. The minimum absolute atomic E-state index is 0.0511. The van der Waals surface area contributed by atoms with E-state index in [2.05, 4.69) is 41.9 Å². The molecule has 2 aromatic carbocycles. The number of allylic oxidation sites excluding steroid dienone is 2. The summed E-state index contributed by atoms with van der Waals surface area (Å²) in [5.41, 5.74) is 5.64. The van der Waals surface area contributed by atoms with Gasteiger partial charge in [-0.15, -0.1) is 0 Å². The fourth-order valence-electron chi connectivity index (χ4n) is 9.87. The highest BCUT2D eigenvalue weighted by molar-refractivity contribution is 7.94. The molecule has 15 nitrogen and oxygen atoms in total. The van der Waals surface area contributed by atoms with Crippen molar-refractivity contribution >= 4 is 56.0 Å². The van der Waals surface area contributed by atoms with Crippen molar-refractivity contribution < 1.29 is 27.6 Å². The number of benzene rings is 2. The monoisotopic (exact) mass is 908 g/mol. The molecule has 1 saturated carbocycles. The van der Waals surface area contributed by atoms with Crippen LogP contribution in [-0.4, -0.2) is 98.9 Å². The second-order valence-corrected chi connectivity index (χ2v) is 19.9. The van der Waals surface area contributed by atoms with Gasteiger partial charge in [-0.2, -0.15) is 0 Å². The van der Waals surface area contributed by atoms with E-state index < -0.39 is 43.4 Å². The van der Waals surface area contributed by atoms with Gasteiger partial charge in [0.2, 0.25) is 0 Å². The Labute approximate surface area is 377 Å². The number of anilines is 1. The zero-order valence-corrected chi connectivity index (χ0v) is 37.1. The Hall–Kier alpha value is -5.39. The third-order valence-electron chi connectivity index (χ3n) is 13.8. The van der Waals surface area contributed by atoms with Gasteiger partial charge in [0.25, 0.3) is 21.6 Å². The number of fused-ring (bicyclic) bond motifs is 1. The maximum atomic E-state index is 14.1. The molecule has 1 amide bonds. The second-order valence-electron chi connectivity index (χ2n) is 17.8. The number of halogens is 1. The van der Waals surface area contributed by atoms with Gasteiger partial charge < -0.3 is 30.1 Å². The smallest absolute Gasteiger partial charge is 0.268 e. The Kier molecular flexibility index (Phi) is 12.7. The number of aromatic amines is 1. The van der Waals surface area contributed by atoms with E-state index in [0.29, 0.717) is 36.6 Å². The predicted molar refractivity (Wildman–Crippen MR) is 247 cm³/mol. The topological polar surface area (TPSA) is 196 Å². The summed E-state index contributed by atoms with van der Waals surface area (Å²) in [6.45, 7) is 5.65. The van der Waals surface area contributed by atoms with Crippen molar-refractivity contribution in [3.63, 3.8) is 0 Å². The molecule has 2 atom stereocenters. The lowest BCUT2D eigenvalue weighted by molar-refractivity contribution is -0.431. The van der Waals surface area contributed by atoms with Crippen LogP contribution in [0.1, 0.15) is 67.3 Å². The number of ether oxygens (including phenoxy) is 2.